The Balaban J connectivity index is 4.08. The summed E-state index contributed by atoms with van der Waals surface area (Å²) in [4.78, 5) is 0. The van der Waals surface area contributed by atoms with E-state index in [1.165, 1.54) is 0 Å². The lowest BCUT2D eigenvalue weighted by atomic mass is 10.3. The highest BCUT2D eigenvalue weighted by Crippen LogP contribution is 2.07. The molecule has 0 fully saturated rings. The minimum Gasteiger partial charge on any atom is -0.285 e. The molecule has 3 nitrogen and oxygen atoms in total. The number of hydrogen-bond donors (Lipinski definition) is 2. The van der Waals surface area contributed by atoms with E-state index in [1.807, 2.05) is 6.92 Å². The van der Waals surface area contributed by atoms with E-state index in [9.17, 15) is 8.42 Å². The maximum atomic E-state index is 10.5. The highest BCUT2D eigenvalue weighted by atomic mass is 32.2. The summed E-state index contributed by atoms with van der Waals surface area (Å²) in [7, 11) is -3.85. The summed E-state index contributed by atoms with van der Waals surface area (Å²) in [6, 6.07) is 0. The van der Waals surface area contributed by atoms with Crippen molar-refractivity contribution in [2.45, 2.75) is 25.0 Å². The van der Waals surface area contributed by atoms with Crippen molar-refractivity contribution in [3.8, 4) is 0 Å². The fourth-order valence-electron chi connectivity index (χ4n) is 0.656. The van der Waals surface area contributed by atoms with E-state index in [2.05, 4.69) is 12.6 Å². The topological polar surface area (TPSA) is 54.4 Å². The molecule has 0 radical (unpaired) electrons. The van der Waals surface area contributed by atoms with Crippen LogP contribution >= 0.6 is 12.6 Å². The molecule has 0 aromatic carbocycles. The lowest BCUT2D eigenvalue weighted by molar-refractivity contribution is 0.466. The second-order valence-corrected chi connectivity index (χ2v) is 4.17. The van der Waals surface area contributed by atoms with Gasteiger partial charge in [-0.3, -0.25) is 4.55 Å². The molecule has 0 heterocycles. The van der Waals surface area contributed by atoms with E-state index in [4.69, 9.17) is 4.55 Å². The van der Waals surface area contributed by atoms with Crippen molar-refractivity contribution in [2.24, 2.45) is 0 Å². The summed E-state index contributed by atoms with van der Waals surface area (Å²) in [5, 5.41) is -0.694. The molecule has 0 aliphatic rings. The third kappa shape index (κ3) is 3.43. The van der Waals surface area contributed by atoms with Gasteiger partial charge in [0.05, 0.1) is 5.25 Å². The molecular weight excluding hydrogens is 172 g/mol. The van der Waals surface area contributed by atoms with Gasteiger partial charge in [0.15, 0.2) is 0 Å². The predicted octanol–water partition coefficient (Wildman–Crippen LogP) is 0.973. The second kappa shape index (κ2) is 4.20. The van der Waals surface area contributed by atoms with Gasteiger partial charge in [-0.1, -0.05) is 13.3 Å². The van der Waals surface area contributed by atoms with Crippen LogP contribution in [0.5, 0.6) is 0 Å². The van der Waals surface area contributed by atoms with Crippen LogP contribution in [-0.2, 0) is 10.1 Å². The Hall–Kier alpha value is 0.260. The maximum absolute atomic E-state index is 10.5. The third-order valence-corrected chi connectivity index (χ3v) is 3.17. The van der Waals surface area contributed by atoms with Crippen LogP contribution in [0.1, 0.15) is 19.8 Å². The van der Waals surface area contributed by atoms with Crippen LogP contribution in [0.25, 0.3) is 0 Å². The average molecular weight is 184 g/mol. The van der Waals surface area contributed by atoms with Gasteiger partial charge in [0.2, 0.25) is 0 Å². The van der Waals surface area contributed by atoms with Crippen molar-refractivity contribution in [2.75, 3.05) is 5.75 Å². The summed E-state index contributed by atoms with van der Waals surface area (Å²) < 4.78 is 29.4. The molecule has 10 heavy (non-hydrogen) atoms. The van der Waals surface area contributed by atoms with E-state index in [-0.39, 0.29) is 5.75 Å². The summed E-state index contributed by atoms with van der Waals surface area (Å²) in [6.07, 6.45) is 1.22. The van der Waals surface area contributed by atoms with Crippen molar-refractivity contribution >= 4 is 22.7 Å². The average Bonchev–Trinajstić information content (AvgIpc) is 1.80. The monoisotopic (exact) mass is 184 g/mol. The zero-order chi connectivity index (χ0) is 8.20. The Morgan fingerprint density at radius 2 is 2.10 bits per heavy atom. The fraction of sp³-hybridized carbons (Fsp3) is 1.00. The minimum atomic E-state index is -3.85. The highest BCUT2D eigenvalue weighted by Gasteiger charge is 2.19. The van der Waals surface area contributed by atoms with Crippen LogP contribution in [0.2, 0.25) is 0 Å². The summed E-state index contributed by atoms with van der Waals surface area (Å²) >= 11 is 3.80. The van der Waals surface area contributed by atoms with Gasteiger partial charge in [-0.15, -0.1) is 0 Å². The Kier molecular flexibility index (Phi) is 4.31. The molecule has 0 amide bonds. The molecule has 0 rings (SSSR count). The molecule has 0 saturated heterocycles. The molecule has 1 atom stereocenters. The Labute approximate surface area is 67.0 Å². The predicted molar refractivity (Wildman–Crippen MR) is 44.1 cm³/mol. The molecular formula is C5H12O3S2. The lowest BCUT2D eigenvalue weighted by Gasteiger charge is -2.07. The van der Waals surface area contributed by atoms with Gasteiger partial charge < -0.3 is 0 Å². The van der Waals surface area contributed by atoms with Gasteiger partial charge in [-0.05, 0) is 6.42 Å². The summed E-state index contributed by atoms with van der Waals surface area (Å²) in [5.41, 5.74) is 0. The van der Waals surface area contributed by atoms with Gasteiger partial charge in [-0.2, -0.15) is 21.0 Å². The van der Waals surface area contributed by atoms with Crippen molar-refractivity contribution < 1.29 is 13.0 Å². The smallest absolute Gasteiger partial charge is 0.268 e. The molecule has 0 aromatic rings. The molecule has 1 unspecified atom stereocenters. The summed E-state index contributed by atoms with van der Waals surface area (Å²) in [6.45, 7) is 1.86. The molecule has 62 valence electrons. The molecule has 0 aliphatic carbocycles. The van der Waals surface area contributed by atoms with E-state index < -0.39 is 15.4 Å². The minimum absolute atomic E-state index is 0.187. The second-order valence-electron chi connectivity index (χ2n) is 2.11. The number of rotatable bonds is 4. The van der Waals surface area contributed by atoms with Crippen LogP contribution in [0.15, 0.2) is 0 Å². The Morgan fingerprint density at radius 1 is 1.60 bits per heavy atom. The van der Waals surface area contributed by atoms with Crippen LogP contribution in [-0.4, -0.2) is 24.0 Å². The van der Waals surface area contributed by atoms with Gasteiger partial charge in [-0.25, -0.2) is 0 Å². The van der Waals surface area contributed by atoms with E-state index in [0.717, 1.165) is 6.42 Å². The molecule has 5 heteroatoms. The molecule has 0 saturated carbocycles. The first-order valence-corrected chi connectivity index (χ1v) is 5.23. The molecule has 0 spiro atoms. The van der Waals surface area contributed by atoms with Crippen LogP contribution < -0.4 is 0 Å². The van der Waals surface area contributed by atoms with Crippen LogP contribution in [0.4, 0.5) is 0 Å². The highest BCUT2D eigenvalue weighted by molar-refractivity contribution is 7.88. The van der Waals surface area contributed by atoms with E-state index in [1.54, 1.807) is 0 Å². The first-order valence-electron chi connectivity index (χ1n) is 3.09. The lowest BCUT2D eigenvalue weighted by Crippen LogP contribution is -2.21. The molecule has 0 aromatic heterocycles. The largest absolute Gasteiger partial charge is 0.285 e. The first-order chi connectivity index (χ1) is 4.52. The normalized spacial score (nSPS) is 15.1. The van der Waals surface area contributed by atoms with Gasteiger partial charge >= 0.3 is 0 Å². The molecule has 1 N–H and O–H groups in total. The number of hydrogen-bond acceptors (Lipinski definition) is 3. The third-order valence-electron chi connectivity index (χ3n) is 1.24. The van der Waals surface area contributed by atoms with Gasteiger partial charge in [0.25, 0.3) is 10.1 Å². The first kappa shape index (κ1) is 10.3. The van der Waals surface area contributed by atoms with E-state index in [0.29, 0.717) is 6.42 Å². The quantitative estimate of drug-likeness (QED) is 0.505. The van der Waals surface area contributed by atoms with Crippen molar-refractivity contribution in [3.05, 3.63) is 0 Å². The van der Waals surface area contributed by atoms with Gasteiger partial charge in [0, 0.05) is 5.75 Å². The zero-order valence-electron chi connectivity index (χ0n) is 5.82. The van der Waals surface area contributed by atoms with E-state index >= 15 is 0 Å². The van der Waals surface area contributed by atoms with Crippen molar-refractivity contribution in [3.63, 3.8) is 0 Å². The summed E-state index contributed by atoms with van der Waals surface area (Å²) in [5.74, 6) is 0.187. The molecule has 0 bridgehead atoms. The Bertz CT molecular complexity index is 173. The SMILES string of the molecule is CCCC(CS)S(=O)(=O)O. The van der Waals surface area contributed by atoms with Crippen molar-refractivity contribution in [1.82, 2.24) is 0 Å². The maximum Gasteiger partial charge on any atom is 0.268 e. The van der Waals surface area contributed by atoms with Crippen LogP contribution in [0.3, 0.4) is 0 Å². The Morgan fingerprint density at radius 3 is 2.20 bits per heavy atom. The van der Waals surface area contributed by atoms with Crippen molar-refractivity contribution in [1.29, 1.82) is 0 Å². The molecule has 0 aliphatic heterocycles. The fourth-order valence-corrected chi connectivity index (χ4v) is 2.13. The van der Waals surface area contributed by atoms with Crippen LogP contribution in [0, 0.1) is 0 Å². The zero-order valence-corrected chi connectivity index (χ0v) is 7.53. The standard InChI is InChI=1S/C5H12O3S2/c1-2-3-5(4-9)10(6,7)8/h5,9H,2-4H2,1H3,(H,6,7,8). The van der Waals surface area contributed by atoms with Gasteiger partial charge in [0.1, 0.15) is 0 Å². The number of thiol groups is 1.